The van der Waals surface area contributed by atoms with Crippen molar-refractivity contribution >= 4 is 12.1 Å². The van der Waals surface area contributed by atoms with Crippen molar-refractivity contribution in [1.29, 1.82) is 0 Å². The molecular formula is C14H22N2O5. The van der Waals surface area contributed by atoms with Crippen LogP contribution in [0, 0.1) is 0 Å². The molecule has 7 heteroatoms. The summed E-state index contributed by atoms with van der Waals surface area (Å²) < 4.78 is 9.97. The lowest BCUT2D eigenvalue weighted by Gasteiger charge is -2.19. The van der Waals surface area contributed by atoms with Crippen molar-refractivity contribution in [2.45, 2.75) is 39.3 Å². The summed E-state index contributed by atoms with van der Waals surface area (Å²) in [5, 5.41) is 14.6. The van der Waals surface area contributed by atoms with Gasteiger partial charge in [0.15, 0.2) is 0 Å². The lowest BCUT2D eigenvalue weighted by atomic mass is 10.2. The van der Waals surface area contributed by atoms with Crippen molar-refractivity contribution in [3.05, 3.63) is 23.7 Å². The molecule has 118 valence electrons. The molecule has 0 saturated carbocycles. The van der Waals surface area contributed by atoms with Crippen molar-refractivity contribution < 1.29 is 23.8 Å². The SMILES string of the molecule is CC(C)(C)OC(=O)NCCCNCc1cocc1C(=O)O. The quantitative estimate of drug-likeness (QED) is 0.665. The van der Waals surface area contributed by atoms with Crippen LogP contribution in [-0.4, -0.2) is 35.9 Å². The number of hydrogen-bond donors (Lipinski definition) is 3. The Hall–Kier alpha value is -2.02. The lowest BCUT2D eigenvalue weighted by Crippen LogP contribution is -2.33. The number of ether oxygens (including phenoxy) is 1. The highest BCUT2D eigenvalue weighted by molar-refractivity contribution is 5.88. The summed E-state index contributed by atoms with van der Waals surface area (Å²) in [6, 6.07) is 0. The zero-order chi connectivity index (χ0) is 15.9. The van der Waals surface area contributed by atoms with E-state index in [1.165, 1.54) is 12.5 Å². The normalized spacial score (nSPS) is 11.2. The number of hydrogen-bond acceptors (Lipinski definition) is 5. The van der Waals surface area contributed by atoms with Gasteiger partial charge in [0, 0.05) is 18.7 Å². The van der Waals surface area contributed by atoms with Gasteiger partial charge in [-0.2, -0.15) is 0 Å². The fraction of sp³-hybridized carbons (Fsp3) is 0.571. The van der Waals surface area contributed by atoms with Gasteiger partial charge in [-0.1, -0.05) is 0 Å². The highest BCUT2D eigenvalue weighted by Crippen LogP contribution is 2.10. The van der Waals surface area contributed by atoms with Gasteiger partial charge in [-0.25, -0.2) is 9.59 Å². The second-order valence-corrected chi connectivity index (χ2v) is 5.57. The Balaban J connectivity index is 2.14. The third kappa shape index (κ3) is 6.80. The summed E-state index contributed by atoms with van der Waals surface area (Å²) in [7, 11) is 0. The molecule has 21 heavy (non-hydrogen) atoms. The van der Waals surface area contributed by atoms with E-state index in [1.807, 2.05) is 0 Å². The molecule has 1 amide bonds. The maximum Gasteiger partial charge on any atom is 0.407 e. The van der Waals surface area contributed by atoms with Crippen LogP contribution in [-0.2, 0) is 11.3 Å². The minimum absolute atomic E-state index is 0.161. The van der Waals surface area contributed by atoms with E-state index < -0.39 is 17.7 Å². The highest BCUT2D eigenvalue weighted by atomic mass is 16.6. The lowest BCUT2D eigenvalue weighted by molar-refractivity contribution is 0.0526. The molecule has 0 aliphatic carbocycles. The average Bonchev–Trinajstić information content (AvgIpc) is 2.79. The number of alkyl carbamates (subject to hydrolysis) is 1. The van der Waals surface area contributed by atoms with Crippen LogP contribution in [0.25, 0.3) is 0 Å². The Kier molecular flexibility index (Phi) is 6.23. The van der Waals surface area contributed by atoms with Crippen molar-refractivity contribution in [3.8, 4) is 0 Å². The number of furan rings is 1. The Labute approximate surface area is 123 Å². The number of carbonyl (C=O) groups excluding carboxylic acids is 1. The van der Waals surface area contributed by atoms with Crippen LogP contribution in [0.5, 0.6) is 0 Å². The predicted octanol–water partition coefficient (Wildman–Crippen LogP) is 1.98. The number of carbonyl (C=O) groups is 2. The number of aromatic carboxylic acids is 1. The molecule has 0 bridgehead atoms. The average molecular weight is 298 g/mol. The van der Waals surface area contributed by atoms with E-state index in [9.17, 15) is 9.59 Å². The topological polar surface area (TPSA) is 101 Å². The monoisotopic (exact) mass is 298 g/mol. The van der Waals surface area contributed by atoms with Gasteiger partial charge in [0.1, 0.15) is 17.4 Å². The Morgan fingerprint density at radius 3 is 2.62 bits per heavy atom. The molecular weight excluding hydrogens is 276 g/mol. The summed E-state index contributed by atoms with van der Waals surface area (Å²) >= 11 is 0. The van der Waals surface area contributed by atoms with Crippen LogP contribution in [0.3, 0.4) is 0 Å². The fourth-order valence-electron chi connectivity index (χ4n) is 1.59. The first kappa shape index (κ1) is 17.0. The molecule has 7 nitrogen and oxygen atoms in total. The Morgan fingerprint density at radius 1 is 1.29 bits per heavy atom. The van der Waals surface area contributed by atoms with Gasteiger partial charge in [-0.15, -0.1) is 0 Å². The standard InChI is InChI=1S/C14H22N2O5/c1-14(2,3)21-13(19)16-6-4-5-15-7-10-8-20-9-11(10)12(17)18/h8-9,15H,4-7H2,1-3H3,(H,16,19)(H,17,18). The second-order valence-electron chi connectivity index (χ2n) is 5.57. The number of amides is 1. The summed E-state index contributed by atoms with van der Waals surface area (Å²) in [6.45, 7) is 6.95. The molecule has 0 aliphatic heterocycles. The summed E-state index contributed by atoms with van der Waals surface area (Å²) in [5.41, 5.74) is 0.258. The molecule has 3 N–H and O–H groups in total. The van der Waals surface area contributed by atoms with Crippen molar-refractivity contribution in [3.63, 3.8) is 0 Å². The maximum absolute atomic E-state index is 11.4. The van der Waals surface area contributed by atoms with E-state index in [0.717, 1.165) is 0 Å². The molecule has 0 spiro atoms. The van der Waals surface area contributed by atoms with Gasteiger partial charge in [0.25, 0.3) is 0 Å². The predicted molar refractivity (Wildman–Crippen MR) is 76.2 cm³/mol. The first-order valence-electron chi connectivity index (χ1n) is 6.75. The zero-order valence-corrected chi connectivity index (χ0v) is 12.6. The van der Waals surface area contributed by atoms with E-state index in [4.69, 9.17) is 14.3 Å². The van der Waals surface area contributed by atoms with Crippen molar-refractivity contribution in [2.24, 2.45) is 0 Å². The minimum Gasteiger partial charge on any atom is -0.478 e. The Morgan fingerprint density at radius 2 is 2.00 bits per heavy atom. The van der Waals surface area contributed by atoms with E-state index in [-0.39, 0.29) is 5.56 Å². The van der Waals surface area contributed by atoms with E-state index in [1.54, 1.807) is 20.8 Å². The fourth-order valence-corrected chi connectivity index (χ4v) is 1.59. The van der Waals surface area contributed by atoms with Gasteiger partial charge >= 0.3 is 12.1 Å². The molecule has 0 saturated heterocycles. The van der Waals surface area contributed by atoms with E-state index in [0.29, 0.717) is 31.6 Å². The number of nitrogens with one attached hydrogen (secondary N) is 2. The smallest absolute Gasteiger partial charge is 0.407 e. The molecule has 1 rings (SSSR count). The molecule has 1 heterocycles. The van der Waals surface area contributed by atoms with Crippen LogP contribution in [0.2, 0.25) is 0 Å². The zero-order valence-electron chi connectivity index (χ0n) is 12.6. The third-order valence-corrected chi connectivity index (χ3v) is 2.49. The number of carboxylic acids is 1. The molecule has 0 fully saturated rings. The van der Waals surface area contributed by atoms with Gasteiger partial charge in [-0.05, 0) is 33.7 Å². The van der Waals surface area contributed by atoms with E-state index >= 15 is 0 Å². The third-order valence-electron chi connectivity index (χ3n) is 2.49. The van der Waals surface area contributed by atoms with Gasteiger partial charge in [-0.3, -0.25) is 0 Å². The summed E-state index contributed by atoms with van der Waals surface area (Å²) in [4.78, 5) is 22.2. The van der Waals surface area contributed by atoms with E-state index in [2.05, 4.69) is 10.6 Å². The molecule has 0 unspecified atom stereocenters. The first-order chi connectivity index (χ1) is 9.79. The van der Waals surface area contributed by atoms with Crippen molar-refractivity contribution in [2.75, 3.05) is 13.1 Å². The van der Waals surface area contributed by atoms with Crippen molar-refractivity contribution in [1.82, 2.24) is 10.6 Å². The van der Waals surface area contributed by atoms with Crippen LogP contribution in [0.4, 0.5) is 4.79 Å². The summed E-state index contributed by atoms with van der Waals surface area (Å²) in [6.07, 6.45) is 2.89. The highest BCUT2D eigenvalue weighted by Gasteiger charge is 2.15. The maximum atomic E-state index is 11.4. The minimum atomic E-state index is -1.01. The molecule has 0 atom stereocenters. The molecule has 0 aromatic carbocycles. The van der Waals surface area contributed by atoms with Gasteiger partial charge in [0.05, 0.1) is 6.26 Å². The number of rotatable bonds is 7. The van der Waals surface area contributed by atoms with Crippen LogP contribution < -0.4 is 10.6 Å². The van der Waals surface area contributed by atoms with Crippen LogP contribution in [0.1, 0.15) is 43.1 Å². The molecule has 1 aromatic rings. The molecule has 1 aromatic heterocycles. The second kappa shape index (κ2) is 7.68. The van der Waals surface area contributed by atoms with Gasteiger partial charge < -0.3 is 24.9 Å². The van der Waals surface area contributed by atoms with Crippen LogP contribution >= 0.6 is 0 Å². The molecule has 0 aliphatic rings. The molecule has 0 radical (unpaired) electrons. The largest absolute Gasteiger partial charge is 0.478 e. The van der Waals surface area contributed by atoms with Crippen LogP contribution in [0.15, 0.2) is 16.9 Å². The van der Waals surface area contributed by atoms with Gasteiger partial charge in [0.2, 0.25) is 0 Å². The summed E-state index contributed by atoms with van der Waals surface area (Å²) in [5.74, 6) is -1.01. The Bertz CT molecular complexity index is 476. The number of carboxylic acid groups (broad SMARTS) is 1. The first-order valence-corrected chi connectivity index (χ1v) is 6.75.